The Morgan fingerprint density at radius 2 is 1.54 bits per heavy atom. The molecule has 26 heavy (non-hydrogen) atoms. The van der Waals surface area contributed by atoms with Crippen molar-refractivity contribution >= 4 is 15.9 Å². The van der Waals surface area contributed by atoms with E-state index in [1.165, 1.54) is 4.31 Å². The zero-order chi connectivity index (χ0) is 19.0. The maximum Gasteiger partial charge on any atom is 0.237 e. The average molecular weight is 375 g/mol. The second-order valence-corrected chi connectivity index (χ2v) is 8.24. The molecule has 0 radical (unpaired) electrons. The van der Waals surface area contributed by atoms with Gasteiger partial charge in [0, 0.05) is 32.5 Å². The van der Waals surface area contributed by atoms with Crippen molar-refractivity contribution in [2.75, 3.05) is 32.9 Å². The molecule has 140 valence electrons. The Bertz CT molecular complexity index is 795. The number of benzene rings is 1. The summed E-state index contributed by atoms with van der Waals surface area (Å²) in [5, 5.41) is 0. The molecule has 7 heteroatoms. The molecule has 2 aromatic rings. The summed E-state index contributed by atoms with van der Waals surface area (Å²) in [5.41, 5.74) is 2.13. The van der Waals surface area contributed by atoms with Crippen LogP contribution in [0.15, 0.2) is 54.9 Å². The number of sulfonamides is 1. The van der Waals surface area contributed by atoms with Crippen molar-refractivity contribution in [2.45, 2.75) is 12.8 Å². The lowest BCUT2D eigenvalue weighted by Gasteiger charge is -2.23. The van der Waals surface area contributed by atoms with E-state index in [1.54, 1.807) is 24.3 Å². The van der Waals surface area contributed by atoms with E-state index in [1.807, 2.05) is 42.5 Å². The van der Waals surface area contributed by atoms with Gasteiger partial charge in [0.2, 0.25) is 15.9 Å². The van der Waals surface area contributed by atoms with Crippen molar-refractivity contribution in [3.8, 4) is 0 Å². The van der Waals surface area contributed by atoms with Crippen LogP contribution in [-0.4, -0.2) is 61.5 Å². The van der Waals surface area contributed by atoms with Gasteiger partial charge in [-0.1, -0.05) is 30.3 Å². The highest BCUT2D eigenvalue weighted by Crippen LogP contribution is 2.06. The van der Waals surface area contributed by atoms with Gasteiger partial charge in [0.05, 0.1) is 12.8 Å². The fourth-order valence-electron chi connectivity index (χ4n) is 2.50. The number of amides is 1. The summed E-state index contributed by atoms with van der Waals surface area (Å²) in [6.07, 6.45) is 5.84. The standard InChI is InChI=1S/C19H25N3O3S/c1-21(14-10-18-8-12-20-13-9-18)19(23)16-22(26(2,24)25)15-11-17-6-4-3-5-7-17/h3-9,12-13H,10-11,14-16H2,1-2H3. The van der Waals surface area contributed by atoms with Gasteiger partial charge in [-0.15, -0.1) is 0 Å². The molecule has 2 rings (SSSR count). The molecule has 0 saturated carbocycles. The number of hydrogen-bond acceptors (Lipinski definition) is 4. The van der Waals surface area contributed by atoms with Crippen molar-refractivity contribution in [3.05, 3.63) is 66.0 Å². The normalized spacial score (nSPS) is 11.5. The Kier molecular flexibility index (Phi) is 7.29. The maximum atomic E-state index is 12.4. The molecule has 0 fully saturated rings. The predicted molar refractivity (Wildman–Crippen MR) is 102 cm³/mol. The molecular weight excluding hydrogens is 350 g/mol. The summed E-state index contributed by atoms with van der Waals surface area (Å²) in [4.78, 5) is 18.0. The van der Waals surface area contributed by atoms with E-state index >= 15 is 0 Å². The molecule has 0 aliphatic heterocycles. The zero-order valence-electron chi connectivity index (χ0n) is 15.2. The summed E-state index contributed by atoms with van der Waals surface area (Å²) in [6, 6.07) is 13.4. The fraction of sp³-hybridized carbons (Fsp3) is 0.368. The van der Waals surface area contributed by atoms with Gasteiger partial charge in [-0.2, -0.15) is 4.31 Å². The molecule has 1 heterocycles. The Morgan fingerprint density at radius 1 is 0.962 bits per heavy atom. The van der Waals surface area contributed by atoms with E-state index in [2.05, 4.69) is 4.98 Å². The van der Waals surface area contributed by atoms with Crippen molar-refractivity contribution in [1.82, 2.24) is 14.2 Å². The van der Waals surface area contributed by atoms with Gasteiger partial charge in [0.1, 0.15) is 0 Å². The predicted octanol–water partition coefficient (Wildman–Crippen LogP) is 1.59. The summed E-state index contributed by atoms with van der Waals surface area (Å²) in [5.74, 6) is -0.211. The first kappa shape index (κ1) is 20.1. The summed E-state index contributed by atoms with van der Waals surface area (Å²) < 4.78 is 25.3. The number of aromatic nitrogens is 1. The summed E-state index contributed by atoms with van der Waals surface area (Å²) >= 11 is 0. The van der Waals surface area contributed by atoms with E-state index in [4.69, 9.17) is 0 Å². The van der Waals surface area contributed by atoms with Crippen LogP contribution in [0.2, 0.25) is 0 Å². The topological polar surface area (TPSA) is 70.6 Å². The Morgan fingerprint density at radius 3 is 2.15 bits per heavy atom. The van der Waals surface area contributed by atoms with Crippen LogP contribution in [0.1, 0.15) is 11.1 Å². The number of nitrogens with zero attached hydrogens (tertiary/aromatic N) is 3. The SMILES string of the molecule is CN(CCc1ccncc1)C(=O)CN(CCc1ccccc1)S(C)(=O)=O. The van der Waals surface area contributed by atoms with E-state index in [0.29, 0.717) is 19.4 Å². The second-order valence-electron chi connectivity index (χ2n) is 6.25. The third-order valence-electron chi connectivity index (χ3n) is 4.18. The molecule has 0 saturated heterocycles. The number of rotatable bonds is 9. The van der Waals surface area contributed by atoms with Gasteiger partial charge < -0.3 is 4.90 Å². The number of likely N-dealkylation sites (N-methyl/N-ethyl adjacent to an activating group) is 1. The molecule has 6 nitrogen and oxygen atoms in total. The molecule has 0 bridgehead atoms. The van der Waals surface area contributed by atoms with Crippen LogP contribution in [0.25, 0.3) is 0 Å². The van der Waals surface area contributed by atoms with Gasteiger partial charge in [-0.25, -0.2) is 8.42 Å². The maximum absolute atomic E-state index is 12.4. The van der Waals surface area contributed by atoms with E-state index in [-0.39, 0.29) is 19.0 Å². The highest BCUT2D eigenvalue weighted by atomic mass is 32.2. The minimum absolute atomic E-state index is 0.140. The van der Waals surface area contributed by atoms with Crippen LogP contribution >= 0.6 is 0 Å². The number of carbonyl (C=O) groups is 1. The largest absolute Gasteiger partial charge is 0.344 e. The van der Waals surface area contributed by atoms with Crippen LogP contribution in [-0.2, 0) is 27.7 Å². The Hall–Kier alpha value is -2.25. The van der Waals surface area contributed by atoms with Crippen molar-refractivity contribution in [2.24, 2.45) is 0 Å². The smallest absolute Gasteiger partial charge is 0.237 e. The van der Waals surface area contributed by atoms with Crippen LogP contribution in [0.4, 0.5) is 0 Å². The number of pyridine rings is 1. The van der Waals surface area contributed by atoms with Crippen molar-refractivity contribution < 1.29 is 13.2 Å². The lowest BCUT2D eigenvalue weighted by atomic mass is 10.1. The molecule has 0 N–H and O–H groups in total. The molecule has 0 spiro atoms. The third kappa shape index (κ3) is 6.57. The highest BCUT2D eigenvalue weighted by molar-refractivity contribution is 7.88. The van der Waals surface area contributed by atoms with Gasteiger partial charge in [0.25, 0.3) is 0 Å². The minimum atomic E-state index is -3.45. The Labute approximate surface area is 155 Å². The summed E-state index contributed by atoms with van der Waals surface area (Å²) in [6.45, 7) is 0.671. The van der Waals surface area contributed by atoms with E-state index < -0.39 is 10.0 Å². The fourth-order valence-corrected chi connectivity index (χ4v) is 3.27. The molecule has 1 amide bonds. The molecule has 1 aromatic heterocycles. The zero-order valence-corrected chi connectivity index (χ0v) is 16.0. The van der Waals surface area contributed by atoms with Gasteiger partial charge in [-0.05, 0) is 36.1 Å². The quantitative estimate of drug-likeness (QED) is 0.667. The molecule has 0 aliphatic rings. The lowest BCUT2D eigenvalue weighted by molar-refractivity contribution is -0.130. The lowest BCUT2D eigenvalue weighted by Crippen LogP contribution is -2.42. The number of hydrogen-bond donors (Lipinski definition) is 0. The van der Waals surface area contributed by atoms with Crippen LogP contribution in [0, 0.1) is 0 Å². The van der Waals surface area contributed by atoms with Crippen molar-refractivity contribution in [3.63, 3.8) is 0 Å². The molecule has 0 aliphatic carbocycles. The van der Waals surface area contributed by atoms with Crippen LogP contribution < -0.4 is 0 Å². The van der Waals surface area contributed by atoms with Crippen LogP contribution in [0.5, 0.6) is 0 Å². The Balaban J connectivity index is 1.90. The second kappa shape index (κ2) is 9.45. The van der Waals surface area contributed by atoms with E-state index in [0.717, 1.165) is 17.4 Å². The van der Waals surface area contributed by atoms with Gasteiger partial charge in [0.15, 0.2) is 0 Å². The average Bonchev–Trinajstić information content (AvgIpc) is 2.63. The minimum Gasteiger partial charge on any atom is -0.344 e. The third-order valence-corrected chi connectivity index (χ3v) is 5.43. The first-order valence-electron chi connectivity index (χ1n) is 8.48. The molecular formula is C19H25N3O3S. The first-order chi connectivity index (χ1) is 12.4. The molecule has 0 unspecified atom stereocenters. The van der Waals surface area contributed by atoms with Gasteiger partial charge in [-0.3, -0.25) is 9.78 Å². The van der Waals surface area contributed by atoms with Gasteiger partial charge >= 0.3 is 0 Å². The monoisotopic (exact) mass is 375 g/mol. The summed E-state index contributed by atoms with van der Waals surface area (Å²) in [7, 11) is -1.76. The highest BCUT2D eigenvalue weighted by Gasteiger charge is 2.21. The van der Waals surface area contributed by atoms with E-state index in [9.17, 15) is 13.2 Å². The first-order valence-corrected chi connectivity index (χ1v) is 10.3. The number of carbonyl (C=O) groups excluding carboxylic acids is 1. The van der Waals surface area contributed by atoms with Crippen LogP contribution in [0.3, 0.4) is 0 Å². The molecule has 1 aromatic carbocycles. The molecule has 0 atom stereocenters. The van der Waals surface area contributed by atoms with Crippen molar-refractivity contribution in [1.29, 1.82) is 0 Å².